The van der Waals surface area contributed by atoms with E-state index in [1.54, 1.807) is 0 Å². The molecule has 2 rings (SSSR count). The Morgan fingerprint density at radius 1 is 1.32 bits per heavy atom. The molecule has 1 heterocycles. The van der Waals surface area contributed by atoms with Crippen molar-refractivity contribution in [2.75, 3.05) is 18.8 Å². The Balaban J connectivity index is 1.78. The predicted octanol–water partition coefficient (Wildman–Crippen LogP) is 3.24. The van der Waals surface area contributed by atoms with Gasteiger partial charge in [-0.15, -0.1) is 11.8 Å². The Morgan fingerprint density at radius 2 is 2.05 bits per heavy atom. The van der Waals surface area contributed by atoms with E-state index in [-0.39, 0.29) is 5.54 Å². The van der Waals surface area contributed by atoms with Crippen LogP contribution in [-0.4, -0.2) is 30.4 Å². The zero-order valence-corrected chi connectivity index (χ0v) is 13.3. The van der Waals surface area contributed by atoms with Gasteiger partial charge in [-0.3, -0.25) is 0 Å². The molecule has 0 fully saturated rings. The van der Waals surface area contributed by atoms with Gasteiger partial charge in [0.25, 0.3) is 0 Å². The van der Waals surface area contributed by atoms with Crippen molar-refractivity contribution in [3.63, 3.8) is 0 Å². The minimum atomic E-state index is 0.200. The topological polar surface area (TPSA) is 24.1 Å². The molecule has 1 aromatic rings. The molecule has 19 heavy (non-hydrogen) atoms. The van der Waals surface area contributed by atoms with Gasteiger partial charge in [0, 0.05) is 41.2 Å². The van der Waals surface area contributed by atoms with Gasteiger partial charge in [-0.1, -0.05) is 18.2 Å². The van der Waals surface area contributed by atoms with Gasteiger partial charge in [-0.2, -0.15) is 0 Å². The van der Waals surface area contributed by atoms with E-state index in [0.717, 1.165) is 13.1 Å². The van der Waals surface area contributed by atoms with Crippen LogP contribution in [0.3, 0.4) is 0 Å². The van der Waals surface area contributed by atoms with Crippen molar-refractivity contribution in [3.05, 3.63) is 29.8 Å². The van der Waals surface area contributed by atoms with Gasteiger partial charge in [0.2, 0.25) is 0 Å². The first-order valence-corrected chi connectivity index (χ1v) is 8.14. The molecule has 2 N–H and O–H groups in total. The van der Waals surface area contributed by atoms with E-state index < -0.39 is 0 Å². The molecule has 2 atom stereocenters. The molecule has 0 aliphatic carbocycles. The standard InChI is InChI=1S/C16H26N2S/c1-12(9-18-16(2,3)4)17-10-13-11-19-15-8-6-5-7-14(13)15/h5-8,12-13,17-18H,9-11H2,1-4H3. The maximum absolute atomic E-state index is 3.66. The Hall–Kier alpha value is -0.510. The van der Waals surface area contributed by atoms with Crippen LogP contribution in [-0.2, 0) is 0 Å². The predicted molar refractivity (Wildman–Crippen MR) is 85.1 cm³/mol. The summed E-state index contributed by atoms with van der Waals surface area (Å²) >= 11 is 1.99. The molecule has 0 aromatic heterocycles. The van der Waals surface area contributed by atoms with E-state index in [2.05, 4.69) is 62.6 Å². The van der Waals surface area contributed by atoms with Crippen LogP contribution in [0.1, 0.15) is 39.2 Å². The lowest BCUT2D eigenvalue weighted by molar-refractivity contribution is 0.385. The molecule has 0 bridgehead atoms. The van der Waals surface area contributed by atoms with Crippen molar-refractivity contribution in [2.45, 2.75) is 50.1 Å². The van der Waals surface area contributed by atoms with Crippen LogP contribution in [0, 0.1) is 0 Å². The number of hydrogen-bond acceptors (Lipinski definition) is 3. The summed E-state index contributed by atoms with van der Waals surface area (Å²) in [5.41, 5.74) is 1.72. The number of rotatable bonds is 5. The van der Waals surface area contributed by atoms with Crippen LogP contribution in [0.15, 0.2) is 29.2 Å². The van der Waals surface area contributed by atoms with E-state index in [9.17, 15) is 0 Å². The highest BCUT2D eigenvalue weighted by atomic mass is 32.2. The molecule has 106 valence electrons. The van der Waals surface area contributed by atoms with Crippen LogP contribution in [0.2, 0.25) is 0 Å². The molecular formula is C16H26N2S. The molecule has 1 aliphatic rings. The van der Waals surface area contributed by atoms with Crippen molar-refractivity contribution in [1.29, 1.82) is 0 Å². The molecule has 2 nitrogen and oxygen atoms in total. The summed E-state index contributed by atoms with van der Waals surface area (Å²) in [6.45, 7) is 11.0. The molecule has 0 amide bonds. The quantitative estimate of drug-likeness (QED) is 0.864. The number of thioether (sulfide) groups is 1. The number of hydrogen-bond donors (Lipinski definition) is 2. The summed E-state index contributed by atoms with van der Waals surface area (Å²) < 4.78 is 0. The average molecular weight is 278 g/mol. The molecule has 1 aliphatic heterocycles. The lowest BCUT2D eigenvalue weighted by Gasteiger charge is -2.25. The molecule has 0 saturated carbocycles. The normalized spacial score (nSPS) is 20.3. The van der Waals surface area contributed by atoms with Gasteiger partial charge >= 0.3 is 0 Å². The second kappa shape index (κ2) is 6.29. The van der Waals surface area contributed by atoms with E-state index in [1.807, 2.05) is 11.8 Å². The van der Waals surface area contributed by atoms with Crippen molar-refractivity contribution in [3.8, 4) is 0 Å². The third-order valence-electron chi connectivity index (χ3n) is 3.45. The smallest absolute Gasteiger partial charge is 0.0164 e. The van der Waals surface area contributed by atoms with Crippen molar-refractivity contribution in [2.24, 2.45) is 0 Å². The lowest BCUT2D eigenvalue weighted by Crippen LogP contribution is -2.45. The number of nitrogens with one attached hydrogen (secondary N) is 2. The fourth-order valence-electron chi connectivity index (χ4n) is 2.27. The third-order valence-corrected chi connectivity index (χ3v) is 4.70. The first-order chi connectivity index (χ1) is 8.96. The van der Waals surface area contributed by atoms with Gasteiger partial charge in [0.05, 0.1) is 0 Å². The fraction of sp³-hybridized carbons (Fsp3) is 0.625. The van der Waals surface area contributed by atoms with Crippen molar-refractivity contribution < 1.29 is 0 Å². The van der Waals surface area contributed by atoms with Crippen LogP contribution >= 0.6 is 11.8 Å². The third kappa shape index (κ3) is 4.51. The maximum atomic E-state index is 3.66. The molecule has 3 heteroatoms. The monoisotopic (exact) mass is 278 g/mol. The van der Waals surface area contributed by atoms with Gasteiger partial charge in [-0.25, -0.2) is 0 Å². The largest absolute Gasteiger partial charge is 0.312 e. The van der Waals surface area contributed by atoms with Crippen LogP contribution in [0.25, 0.3) is 0 Å². The van der Waals surface area contributed by atoms with Crippen molar-refractivity contribution in [1.82, 2.24) is 10.6 Å². The van der Waals surface area contributed by atoms with Gasteiger partial charge in [0.15, 0.2) is 0 Å². The fourth-order valence-corrected chi connectivity index (χ4v) is 3.53. The summed E-state index contributed by atoms with van der Waals surface area (Å²) in [5.74, 6) is 1.88. The summed E-state index contributed by atoms with van der Waals surface area (Å²) in [6.07, 6.45) is 0. The highest BCUT2D eigenvalue weighted by Crippen LogP contribution is 2.38. The van der Waals surface area contributed by atoms with E-state index in [1.165, 1.54) is 16.2 Å². The minimum absolute atomic E-state index is 0.200. The number of benzene rings is 1. The Bertz CT molecular complexity index is 411. The zero-order chi connectivity index (χ0) is 13.9. The van der Waals surface area contributed by atoms with E-state index in [0.29, 0.717) is 12.0 Å². The van der Waals surface area contributed by atoms with Gasteiger partial charge in [-0.05, 0) is 39.3 Å². The molecule has 0 spiro atoms. The molecular weight excluding hydrogens is 252 g/mol. The zero-order valence-electron chi connectivity index (χ0n) is 12.5. The average Bonchev–Trinajstić information content (AvgIpc) is 2.76. The highest BCUT2D eigenvalue weighted by Gasteiger charge is 2.22. The Kier molecular flexibility index (Phi) is 4.93. The first kappa shape index (κ1) is 14.9. The van der Waals surface area contributed by atoms with E-state index >= 15 is 0 Å². The maximum Gasteiger partial charge on any atom is 0.0164 e. The molecule has 0 radical (unpaired) electrons. The van der Waals surface area contributed by atoms with Crippen molar-refractivity contribution >= 4 is 11.8 Å². The Morgan fingerprint density at radius 3 is 2.79 bits per heavy atom. The second-order valence-corrected chi connectivity index (χ2v) is 7.55. The lowest BCUT2D eigenvalue weighted by atomic mass is 10.0. The second-order valence-electron chi connectivity index (χ2n) is 6.49. The van der Waals surface area contributed by atoms with Crippen LogP contribution in [0.4, 0.5) is 0 Å². The first-order valence-electron chi connectivity index (χ1n) is 7.16. The number of fused-ring (bicyclic) bond motifs is 1. The minimum Gasteiger partial charge on any atom is -0.312 e. The Labute approximate surface area is 121 Å². The summed E-state index contributed by atoms with van der Waals surface area (Å²) in [6, 6.07) is 9.32. The highest BCUT2D eigenvalue weighted by molar-refractivity contribution is 7.99. The molecule has 1 aromatic carbocycles. The molecule has 2 unspecified atom stereocenters. The summed E-state index contributed by atoms with van der Waals surface area (Å²) in [4.78, 5) is 1.47. The summed E-state index contributed by atoms with van der Waals surface area (Å²) in [5, 5.41) is 7.21. The van der Waals surface area contributed by atoms with Crippen LogP contribution < -0.4 is 10.6 Å². The SMILES string of the molecule is CC(CNC(C)(C)C)NCC1CSc2ccccc21. The van der Waals surface area contributed by atoms with Gasteiger partial charge < -0.3 is 10.6 Å². The molecule has 0 saturated heterocycles. The summed E-state index contributed by atoms with van der Waals surface area (Å²) in [7, 11) is 0. The van der Waals surface area contributed by atoms with Crippen LogP contribution in [0.5, 0.6) is 0 Å². The van der Waals surface area contributed by atoms with E-state index in [4.69, 9.17) is 0 Å². The van der Waals surface area contributed by atoms with Gasteiger partial charge in [0.1, 0.15) is 0 Å².